The zero-order valence-electron chi connectivity index (χ0n) is 16.5. The molecule has 1 aromatic heterocycles. The van der Waals surface area contributed by atoms with Crippen LogP contribution in [0.25, 0.3) is 0 Å². The van der Waals surface area contributed by atoms with E-state index in [1.54, 1.807) is 18.4 Å². The normalized spacial score (nSPS) is 15.3. The second-order valence-electron chi connectivity index (χ2n) is 7.38. The molecule has 1 aliphatic rings. The molecule has 0 saturated carbocycles. The average molecular weight is 411 g/mol. The lowest BCUT2D eigenvalue weighted by Crippen LogP contribution is -2.45. The molecule has 0 spiro atoms. The van der Waals surface area contributed by atoms with Crippen molar-refractivity contribution in [2.24, 2.45) is 0 Å². The number of anilines is 1. The van der Waals surface area contributed by atoms with Gasteiger partial charge >= 0.3 is 0 Å². The first kappa shape index (κ1) is 20.3. The molecule has 5 nitrogen and oxygen atoms in total. The summed E-state index contributed by atoms with van der Waals surface area (Å²) in [7, 11) is 0. The molecular formula is C23H23F2N3O2. The summed E-state index contributed by atoms with van der Waals surface area (Å²) < 4.78 is 32.9. The fourth-order valence-electron chi connectivity index (χ4n) is 3.59. The van der Waals surface area contributed by atoms with E-state index in [1.807, 2.05) is 24.3 Å². The van der Waals surface area contributed by atoms with Gasteiger partial charge in [-0.25, -0.2) is 8.78 Å². The molecule has 0 atom stereocenters. The zero-order valence-corrected chi connectivity index (χ0v) is 16.5. The molecule has 1 fully saturated rings. The summed E-state index contributed by atoms with van der Waals surface area (Å²) in [6.07, 6.45) is 1.70. The second-order valence-corrected chi connectivity index (χ2v) is 7.38. The van der Waals surface area contributed by atoms with Gasteiger partial charge < -0.3 is 9.73 Å². The number of halogens is 2. The molecule has 30 heavy (non-hydrogen) atoms. The Bertz CT molecular complexity index is 962. The van der Waals surface area contributed by atoms with Crippen LogP contribution in [0.1, 0.15) is 21.7 Å². The molecule has 3 aromatic rings. The highest BCUT2D eigenvalue weighted by atomic mass is 19.1. The monoisotopic (exact) mass is 411 g/mol. The Morgan fingerprint density at radius 3 is 2.10 bits per heavy atom. The minimum Gasteiger partial charge on any atom is -0.468 e. The van der Waals surface area contributed by atoms with Crippen molar-refractivity contribution in [1.29, 1.82) is 0 Å². The Morgan fingerprint density at radius 1 is 0.867 bits per heavy atom. The molecule has 0 unspecified atom stereocenters. The van der Waals surface area contributed by atoms with Crippen molar-refractivity contribution in [3.05, 3.63) is 89.4 Å². The fraction of sp³-hybridized carbons (Fsp3) is 0.261. The summed E-state index contributed by atoms with van der Waals surface area (Å²) >= 11 is 0. The summed E-state index contributed by atoms with van der Waals surface area (Å²) in [6, 6.07) is 14.6. The van der Waals surface area contributed by atoms with E-state index in [1.165, 1.54) is 6.07 Å². The van der Waals surface area contributed by atoms with Crippen molar-refractivity contribution in [3.8, 4) is 0 Å². The van der Waals surface area contributed by atoms with Crippen LogP contribution in [-0.2, 0) is 13.1 Å². The number of nitrogens with one attached hydrogen (secondary N) is 1. The smallest absolute Gasteiger partial charge is 0.261 e. The average Bonchev–Trinajstić information content (AvgIpc) is 3.24. The molecule has 2 aromatic carbocycles. The summed E-state index contributed by atoms with van der Waals surface area (Å²) in [6.45, 7) is 5.52. The van der Waals surface area contributed by atoms with E-state index in [4.69, 9.17) is 4.42 Å². The van der Waals surface area contributed by atoms with Gasteiger partial charge in [0.15, 0.2) is 0 Å². The van der Waals surface area contributed by atoms with E-state index in [0.29, 0.717) is 5.69 Å². The molecule has 0 bridgehead atoms. The summed E-state index contributed by atoms with van der Waals surface area (Å²) in [5.41, 5.74) is 1.04. The lowest BCUT2D eigenvalue weighted by molar-refractivity contribution is 0.101. The maximum atomic E-state index is 13.7. The van der Waals surface area contributed by atoms with Gasteiger partial charge in [-0.2, -0.15) is 0 Å². The number of hydrogen-bond donors (Lipinski definition) is 1. The highest BCUT2D eigenvalue weighted by Gasteiger charge is 2.19. The quantitative estimate of drug-likeness (QED) is 0.663. The van der Waals surface area contributed by atoms with E-state index in [2.05, 4.69) is 15.1 Å². The van der Waals surface area contributed by atoms with Crippen LogP contribution in [0, 0.1) is 11.6 Å². The predicted octanol–water partition coefficient (Wildman–Crippen LogP) is 4.13. The first-order chi connectivity index (χ1) is 14.6. The zero-order chi connectivity index (χ0) is 20.9. The van der Waals surface area contributed by atoms with Crippen molar-refractivity contribution in [1.82, 2.24) is 9.80 Å². The molecular weight excluding hydrogens is 388 g/mol. The lowest BCUT2D eigenvalue weighted by Gasteiger charge is -2.34. The highest BCUT2D eigenvalue weighted by molar-refractivity contribution is 6.04. The molecule has 1 amide bonds. The third kappa shape index (κ3) is 4.93. The van der Waals surface area contributed by atoms with Crippen LogP contribution in [0.2, 0.25) is 0 Å². The minimum atomic E-state index is -0.879. The van der Waals surface area contributed by atoms with Crippen LogP contribution in [0.3, 0.4) is 0 Å². The first-order valence-corrected chi connectivity index (χ1v) is 9.90. The molecule has 1 saturated heterocycles. The maximum absolute atomic E-state index is 13.7. The van der Waals surface area contributed by atoms with E-state index in [0.717, 1.165) is 62.7 Å². The third-order valence-electron chi connectivity index (χ3n) is 5.23. The van der Waals surface area contributed by atoms with Crippen LogP contribution >= 0.6 is 0 Å². The second kappa shape index (κ2) is 9.19. The fourth-order valence-corrected chi connectivity index (χ4v) is 3.59. The van der Waals surface area contributed by atoms with Crippen LogP contribution in [0.4, 0.5) is 14.5 Å². The van der Waals surface area contributed by atoms with E-state index in [9.17, 15) is 13.6 Å². The molecule has 1 N–H and O–H groups in total. The minimum absolute atomic E-state index is 0.495. The van der Waals surface area contributed by atoms with Crippen molar-refractivity contribution in [3.63, 3.8) is 0 Å². The number of benzene rings is 2. The molecule has 1 aliphatic heterocycles. The van der Waals surface area contributed by atoms with E-state index in [-0.39, 0.29) is 0 Å². The third-order valence-corrected chi connectivity index (χ3v) is 5.23. The number of carbonyl (C=O) groups is 1. The van der Waals surface area contributed by atoms with Gasteiger partial charge in [-0.1, -0.05) is 18.2 Å². The summed E-state index contributed by atoms with van der Waals surface area (Å²) in [5.74, 6) is -1.58. The number of carbonyl (C=O) groups excluding carboxylic acids is 1. The van der Waals surface area contributed by atoms with E-state index >= 15 is 0 Å². The van der Waals surface area contributed by atoms with Crippen LogP contribution in [-0.4, -0.2) is 41.9 Å². The van der Waals surface area contributed by atoms with Gasteiger partial charge in [-0.05, 0) is 42.0 Å². The Kier molecular flexibility index (Phi) is 6.21. The Labute approximate surface area is 173 Å². The Hall–Kier alpha value is -3.03. The van der Waals surface area contributed by atoms with E-state index < -0.39 is 23.1 Å². The van der Waals surface area contributed by atoms with Crippen molar-refractivity contribution in [2.75, 3.05) is 31.5 Å². The molecule has 0 radical (unpaired) electrons. The Morgan fingerprint density at radius 2 is 1.50 bits per heavy atom. The van der Waals surface area contributed by atoms with Crippen molar-refractivity contribution < 1.29 is 18.0 Å². The number of nitrogens with zero attached hydrogens (tertiary/aromatic N) is 2. The first-order valence-electron chi connectivity index (χ1n) is 9.90. The van der Waals surface area contributed by atoms with Gasteiger partial charge in [0.05, 0.1) is 12.8 Å². The summed E-state index contributed by atoms with van der Waals surface area (Å²) in [5, 5.41) is 2.55. The van der Waals surface area contributed by atoms with Crippen molar-refractivity contribution in [2.45, 2.75) is 13.1 Å². The maximum Gasteiger partial charge on any atom is 0.261 e. The Balaban J connectivity index is 1.28. The number of piperazine rings is 1. The summed E-state index contributed by atoms with van der Waals surface area (Å²) in [4.78, 5) is 16.9. The molecule has 2 heterocycles. The van der Waals surface area contributed by atoms with Gasteiger partial charge in [-0.3, -0.25) is 14.6 Å². The standard InChI is InChI=1S/C23H23F2N3O2/c24-20-4-1-5-21(25)22(20)23(29)26-18-8-6-17(7-9-18)15-27-10-12-28(13-11-27)16-19-3-2-14-30-19/h1-9,14H,10-13,15-16H2,(H,26,29). The van der Waals surface area contributed by atoms with Crippen LogP contribution in [0.15, 0.2) is 65.3 Å². The van der Waals surface area contributed by atoms with Gasteiger partial charge in [0.2, 0.25) is 0 Å². The largest absolute Gasteiger partial charge is 0.468 e. The molecule has 0 aliphatic carbocycles. The van der Waals surface area contributed by atoms with Crippen LogP contribution < -0.4 is 5.32 Å². The van der Waals surface area contributed by atoms with Gasteiger partial charge in [-0.15, -0.1) is 0 Å². The lowest BCUT2D eigenvalue weighted by atomic mass is 10.1. The molecule has 4 rings (SSSR count). The number of amides is 1. The topological polar surface area (TPSA) is 48.7 Å². The van der Waals surface area contributed by atoms with Crippen LogP contribution in [0.5, 0.6) is 0 Å². The molecule has 7 heteroatoms. The predicted molar refractivity (Wildman–Crippen MR) is 110 cm³/mol. The number of rotatable bonds is 6. The van der Waals surface area contributed by atoms with Gasteiger partial charge in [0.25, 0.3) is 5.91 Å². The van der Waals surface area contributed by atoms with Crippen molar-refractivity contribution >= 4 is 11.6 Å². The van der Waals surface area contributed by atoms with Gasteiger partial charge in [0.1, 0.15) is 23.0 Å². The van der Waals surface area contributed by atoms with Gasteiger partial charge in [0, 0.05) is 38.4 Å². The number of furan rings is 1. The molecule has 156 valence electrons. The SMILES string of the molecule is O=C(Nc1ccc(CN2CCN(Cc3ccco3)CC2)cc1)c1c(F)cccc1F. The highest BCUT2D eigenvalue weighted by Crippen LogP contribution is 2.17. The number of hydrogen-bond acceptors (Lipinski definition) is 4.